The maximum atomic E-state index is 11.9. The summed E-state index contributed by atoms with van der Waals surface area (Å²) in [5.41, 5.74) is 0. The van der Waals surface area contributed by atoms with E-state index in [4.69, 9.17) is 0 Å². The van der Waals surface area contributed by atoms with Gasteiger partial charge >= 0.3 is 0 Å². The lowest BCUT2D eigenvalue weighted by Gasteiger charge is -2.33. The molecule has 0 saturated carbocycles. The molecule has 2 unspecified atom stereocenters. The first-order valence-electron chi connectivity index (χ1n) is 6.50. The minimum absolute atomic E-state index is 0.0164. The van der Waals surface area contributed by atoms with Crippen molar-refractivity contribution in [2.75, 3.05) is 13.6 Å². The summed E-state index contributed by atoms with van der Waals surface area (Å²) >= 11 is 0. The van der Waals surface area contributed by atoms with Crippen LogP contribution in [0.15, 0.2) is 0 Å². The van der Waals surface area contributed by atoms with Crippen molar-refractivity contribution >= 4 is 11.8 Å². The Morgan fingerprint density at radius 3 is 2.29 bits per heavy atom. The predicted molar refractivity (Wildman–Crippen MR) is 67.4 cm³/mol. The highest BCUT2D eigenvalue weighted by Crippen LogP contribution is 2.20. The van der Waals surface area contributed by atoms with Crippen molar-refractivity contribution in [1.29, 1.82) is 0 Å². The van der Waals surface area contributed by atoms with Crippen molar-refractivity contribution in [3.05, 3.63) is 0 Å². The molecule has 2 atom stereocenters. The summed E-state index contributed by atoms with van der Waals surface area (Å²) in [6.45, 7) is 6.73. The molecule has 4 heteroatoms. The van der Waals surface area contributed by atoms with Gasteiger partial charge in [-0.1, -0.05) is 27.2 Å². The molecule has 0 aromatic rings. The standard InChI is InChI=1S/C13H24N2O2/c1-5-10(3)11(14-4)8-15-12(16)6-9(2)7-13(15)17/h9-11,14H,5-8H2,1-4H3. The van der Waals surface area contributed by atoms with Crippen LogP contribution in [-0.2, 0) is 9.59 Å². The lowest BCUT2D eigenvalue weighted by molar-refractivity contribution is -0.150. The minimum Gasteiger partial charge on any atom is -0.315 e. The summed E-state index contributed by atoms with van der Waals surface area (Å²) in [5, 5.41) is 3.21. The molecule has 0 bridgehead atoms. The van der Waals surface area contributed by atoms with Gasteiger partial charge in [-0.2, -0.15) is 0 Å². The highest BCUT2D eigenvalue weighted by Gasteiger charge is 2.32. The smallest absolute Gasteiger partial charge is 0.229 e. The van der Waals surface area contributed by atoms with Crippen LogP contribution in [0, 0.1) is 11.8 Å². The number of hydrogen-bond acceptors (Lipinski definition) is 3. The summed E-state index contributed by atoms with van der Waals surface area (Å²) in [6, 6.07) is 0.196. The molecule has 98 valence electrons. The van der Waals surface area contributed by atoms with Gasteiger partial charge in [0.15, 0.2) is 0 Å². The van der Waals surface area contributed by atoms with Crippen molar-refractivity contribution in [3.8, 4) is 0 Å². The maximum absolute atomic E-state index is 11.9. The van der Waals surface area contributed by atoms with Crippen LogP contribution in [0.1, 0.15) is 40.0 Å². The van der Waals surface area contributed by atoms with E-state index in [1.54, 1.807) is 0 Å². The SMILES string of the molecule is CCC(C)C(CN1C(=O)CC(C)CC1=O)NC. The molecule has 2 amide bonds. The van der Waals surface area contributed by atoms with E-state index < -0.39 is 0 Å². The zero-order valence-electron chi connectivity index (χ0n) is 11.3. The Labute approximate surface area is 104 Å². The van der Waals surface area contributed by atoms with Gasteiger partial charge in [-0.15, -0.1) is 0 Å². The number of carbonyl (C=O) groups is 2. The van der Waals surface area contributed by atoms with Crippen molar-refractivity contribution in [1.82, 2.24) is 10.2 Å². The van der Waals surface area contributed by atoms with Gasteiger partial charge in [0.2, 0.25) is 11.8 Å². The fourth-order valence-corrected chi connectivity index (χ4v) is 2.27. The first-order valence-corrected chi connectivity index (χ1v) is 6.50. The van der Waals surface area contributed by atoms with Gasteiger partial charge < -0.3 is 5.32 Å². The molecule has 1 heterocycles. The van der Waals surface area contributed by atoms with Crippen LogP contribution in [0.4, 0.5) is 0 Å². The average Bonchev–Trinajstić information content (AvgIpc) is 2.27. The summed E-state index contributed by atoms with van der Waals surface area (Å²) in [4.78, 5) is 25.1. The van der Waals surface area contributed by atoms with E-state index in [1.165, 1.54) is 4.90 Å². The van der Waals surface area contributed by atoms with Gasteiger partial charge in [0.1, 0.15) is 0 Å². The number of hydrogen-bond donors (Lipinski definition) is 1. The van der Waals surface area contributed by atoms with Crippen LogP contribution >= 0.6 is 0 Å². The third-order valence-corrected chi connectivity index (χ3v) is 3.73. The lowest BCUT2D eigenvalue weighted by Crippen LogP contribution is -2.50. The third kappa shape index (κ3) is 3.53. The molecular formula is C13H24N2O2. The summed E-state index contributed by atoms with van der Waals surface area (Å²) in [5.74, 6) is 0.623. The Morgan fingerprint density at radius 2 is 1.88 bits per heavy atom. The molecule has 1 aliphatic rings. The topological polar surface area (TPSA) is 49.4 Å². The predicted octanol–water partition coefficient (Wildman–Crippen LogP) is 1.41. The second kappa shape index (κ2) is 6.15. The molecule has 1 rings (SSSR count). The Bertz CT molecular complexity index is 273. The monoisotopic (exact) mass is 240 g/mol. The van der Waals surface area contributed by atoms with E-state index in [-0.39, 0.29) is 23.8 Å². The van der Waals surface area contributed by atoms with Crippen LogP contribution in [0.2, 0.25) is 0 Å². The fraction of sp³-hybridized carbons (Fsp3) is 0.846. The van der Waals surface area contributed by atoms with Gasteiger partial charge in [0.05, 0.1) is 0 Å². The molecule has 1 saturated heterocycles. The quantitative estimate of drug-likeness (QED) is 0.739. The highest BCUT2D eigenvalue weighted by molar-refractivity contribution is 5.97. The van der Waals surface area contributed by atoms with Crippen molar-refractivity contribution < 1.29 is 9.59 Å². The van der Waals surface area contributed by atoms with E-state index >= 15 is 0 Å². The largest absolute Gasteiger partial charge is 0.315 e. The van der Waals surface area contributed by atoms with Gasteiger partial charge in [-0.3, -0.25) is 14.5 Å². The number of piperidine rings is 1. The first kappa shape index (κ1) is 14.2. The molecule has 1 fully saturated rings. The molecule has 17 heavy (non-hydrogen) atoms. The Hall–Kier alpha value is -0.900. The minimum atomic E-state index is -0.0164. The van der Waals surface area contributed by atoms with E-state index in [9.17, 15) is 9.59 Å². The number of likely N-dealkylation sites (N-methyl/N-ethyl adjacent to an activating group) is 1. The molecule has 1 aliphatic heterocycles. The molecule has 0 aromatic heterocycles. The zero-order chi connectivity index (χ0) is 13.0. The number of carbonyl (C=O) groups excluding carboxylic acids is 2. The number of rotatable bonds is 5. The Morgan fingerprint density at radius 1 is 1.35 bits per heavy atom. The summed E-state index contributed by atoms with van der Waals surface area (Å²) < 4.78 is 0. The third-order valence-electron chi connectivity index (χ3n) is 3.73. The number of amides is 2. The van der Waals surface area contributed by atoms with Crippen LogP contribution in [0.5, 0.6) is 0 Å². The van der Waals surface area contributed by atoms with Crippen molar-refractivity contribution in [2.45, 2.75) is 46.1 Å². The molecule has 0 aromatic carbocycles. The second-order valence-corrected chi connectivity index (χ2v) is 5.19. The first-order chi connectivity index (χ1) is 7.99. The van der Waals surface area contributed by atoms with E-state index in [1.807, 2.05) is 14.0 Å². The molecule has 0 aliphatic carbocycles. The molecule has 1 N–H and O–H groups in total. The number of nitrogens with zero attached hydrogens (tertiary/aromatic N) is 1. The second-order valence-electron chi connectivity index (χ2n) is 5.19. The van der Waals surface area contributed by atoms with Crippen LogP contribution in [0.25, 0.3) is 0 Å². The van der Waals surface area contributed by atoms with Gasteiger partial charge in [-0.25, -0.2) is 0 Å². The van der Waals surface area contributed by atoms with E-state index in [2.05, 4.69) is 19.2 Å². The molecule has 4 nitrogen and oxygen atoms in total. The Kier molecular flexibility index (Phi) is 5.12. The van der Waals surface area contributed by atoms with Crippen molar-refractivity contribution in [2.24, 2.45) is 11.8 Å². The van der Waals surface area contributed by atoms with Crippen LogP contribution in [0.3, 0.4) is 0 Å². The number of imide groups is 1. The lowest BCUT2D eigenvalue weighted by atomic mass is 9.94. The number of likely N-dealkylation sites (tertiary alicyclic amines) is 1. The van der Waals surface area contributed by atoms with Gasteiger partial charge in [0.25, 0.3) is 0 Å². The molecule has 0 spiro atoms. The fourth-order valence-electron chi connectivity index (χ4n) is 2.27. The molecular weight excluding hydrogens is 216 g/mol. The Balaban J connectivity index is 2.65. The van der Waals surface area contributed by atoms with Crippen LogP contribution < -0.4 is 5.32 Å². The van der Waals surface area contributed by atoms with E-state index in [0.717, 1.165) is 6.42 Å². The normalized spacial score (nSPS) is 21.8. The molecule has 0 radical (unpaired) electrons. The van der Waals surface area contributed by atoms with Crippen LogP contribution in [-0.4, -0.2) is 36.3 Å². The maximum Gasteiger partial charge on any atom is 0.229 e. The van der Waals surface area contributed by atoms with E-state index in [0.29, 0.717) is 25.3 Å². The highest BCUT2D eigenvalue weighted by atomic mass is 16.2. The van der Waals surface area contributed by atoms with Gasteiger partial charge in [0, 0.05) is 25.4 Å². The average molecular weight is 240 g/mol. The zero-order valence-corrected chi connectivity index (χ0v) is 11.3. The van der Waals surface area contributed by atoms with Crippen molar-refractivity contribution in [3.63, 3.8) is 0 Å². The van der Waals surface area contributed by atoms with Gasteiger partial charge in [-0.05, 0) is 18.9 Å². The summed E-state index contributed by atoms with van der Waals surface area (Å²) in [7, 11) is 1.89. The summed E-state index contributed by atoms with van der Waals surface area (Å²) in [6.07, 6.45) is 2.05. The number of nitrogens with one attached hydrogen (secondary N) is 1.